The van der Waals surface area contributed by atoms with Crippen LogP contribution in [-0.2, 0) is 37.9 Å². The molecule has 222 valence electrons. The third-order valence-electron chi connectivity index (χ3n) is 6.48. The fourth-order valence-electron chi connectivity index (χ4n) is 4.21. The topological polar surface area (TPSA) is 153 Å². The lowest BCUT2D eigenvalue weighted by molar-refractivity contribution is -0.110. The van der Waals surface area contributed by atoms with Gasteiger partial charge in [0.15, 0.2) is 27.3 Å². The van der Waals surface area contributed by atoms with Gasteiger partial charge >= 0.3 is 0 Å². The number of carbonyl (C=O) groups excluding carboxylic acids is 1. The number of amides is 1. The van der Waals surface area contributed by atoms with Gasteiger partial charge in [-0.3, -0.25) is 14.8 Å². The van der Waals surface area contributed by atoms with Crippen molar-refractivity contribution in [2.75, 3.05) is 51.0 Å². The summed E-state index contributed by atoms with van der Waals surface area (Å²) in [5.41, 5.74) is 1.61. The Morgan fingerprint density at radius 3 is 2.69 bits per heavy atom. The lowest BCUT2D eigenvalue weighted by Gasteiger charge is -2.11. The average molecular weight is 613 g/mol. The first-order valence-electron chi connectivity index (χ1n) is 13.3. The molecule has 1 fully saturated rings. The molecule has 1 saturated heterocycles. The van der Waals surface area contributed by atoms with Crippen molar-refractivity contribution >= 4 is 54.1 Å². The maximum atomic E-state index is 13.5. The van der Waals surface area contributed by atoms with Crippen molar-refractivity contribution in [2.45, 2.75) is 23.2 Å². The van der Waals surface area contributed by atoms with E-state index in [2.05, 4.69) is 35.8 Å². The van der Waals surface area contributed by atoms with Crippen LogP contribution in [-0.4, -0.2) is 90.3 Å². The van der Waals surface area contributed by atoms with Crippen LogP contribution in [0.3, 0.4) is 0 Å². The summed E-state index contributed by atoms with van der Waals surface area (Å²) >= 11 is 1.23. The molecule has 13 nitrogen and oxygen atoms in total. The molecule has 1 aromatic carbocycles. The minimum absolute atomic E-state index is 0.0421. The lowest BCUT2D eigenvalue weighted by Crippen LogP contribution is -2.25. The molecule has 1 aliphatic heterocycles. The Hall–Kier alpha value is -3.92. The fraction of sp³-hybridized carbons (Fsp3) is 0.370. The first-order valence-corrected chi connectivity index (χ1v) is 15.6. The summed E-state index contributed by atoms with van der Waals surface area (Å²) in [5.74, 6) is 0.148. The van der Waals surface area contributed by atoms with E-state index < -0.39 is 21.0 Å². The van der Waals surface area contributed by atoms with E-state index in [1.807, 2.05) is 26.2 Å². The number of nitrogens with one attached hydrogen (secondary N) is 2. The van der Waals surface area contributed by atoms with Crippen molar-refractivity contribution in [1.29, 1.82) is 0 Å². The summed E-state index contributed by atoms with van der Waals surface area (Å²) < 4.78 is 32.8. The van der Waals surface area contributed by atoms with E-state index in [4.69, 9.17) is 9.57 Å². The summed E-state index contributed by atoms with van der Waals surface area (Å²) in [6.45, 7) is 2.23. The highest BCUT2D eigenvalue weighted by Crippen LogP contribution is 2.26. The number of pyridine rings is 1. The van der Waals surface area contributed by atoms with E-state index in [1.54, 1.807) is 24.0 Å². The van der Waals surface area contributed by atoms with Crippen LogP contribution in [0.4, 0.5) is 10.9 Å². The van der Waals surface area contributed by atoms with Gasteiger partial charge in [0.2, 0.25) is 0 Å². The van der Waals surface area contributed by atoms with Crippen LogP contribution >= 0.6 is 11.3 Å². The van der Waals surface area contributed by atoms with Crippen molar-refractivity contribution in [1.82, 2.24) is 24.6 Å². The number of oxime groups is 1. The van der Waals surface area contributed by atoms with Gasteiger partial charge in [0.1, 0.15) is 21.9 Å². The molecule has 42 heavy (non-hydrogen) atoms. The van der Waals surface area contributed by atoms with Gasteiger partial charge in [-0.2, -0.15) is 5.10 Å². The van der Waals surface area contributed by atoms with E-state index in [9.17, 15) is 13.2 Å². The molecule has 1 atom stereocenters. The molecule has 1 aliphatic rings. The number of ether oxygens (including phenoxy) is 1. The van der Waals surface area contributed by atoms with Crippen molar-refractivity contribution < 1.29 is 22.8 Å². The van der Waals surface area contributed by atoms with Crippen molar-refractivity contribution in [3.05, 3.63) is 59.9 Å². The van der Waals surface area contributed by atoms with Crippen molar-refractivity contribution in [2.24, 2.45) is 12.2 Å². The Morgan fingerprint density at radius 2 is 2.00 bits per heavy atom. The largest absolute Gasteiger partial charge is 0.389 e. The zero-order chi connectivity index (χ0) is 29.7. The first-order chi connectivity index (χ1) is 20.2. The highest BCUT2D eigenvalue weighted by molar-refractivity contribution is 7.92. The number of thiazole rings is 1. The van der Waals surface area contributed by atoms with E-state index in [1.165, 1.54) is 35.6 Å². The van der Waals surface area contributed by atoms with Gasteiger partial charge in [-0.1, -0.05) is 28.6 Å². The van der Waals surface area contributed by atoms with E-state index in [0.717, 1.165) is 18.9 Å². The Balaban J connectivity index is 1.35. The standard InChI is InChI=1S/C27H32N8O5S2/c1-34(2)14-12-28-23-9-8-22-26(30-23)41-27(29-22)31-25(36)24(33-40-16-19-10-13-35(3)32-19)18-4-6-20(7-5-18)42(37,38)21-11-15-39-17-21/h4-10,13,21H,11-12,14-17H2,1-3H3,(H,28,30)(H,29,31,36)/b33-24+/t21-/m0/s1. The van der Waals surface area contributed by atoms with E-state index >= 15 is 0 Å². The van der Waals surface area contributed by atoms with Crippen molar-refractivity contribution in [3.63, 3.8) is 0 Å². The minimum Gasteiger partial charge on any atom is -0.389 e. The summed E-state index contributed by atoms with van der Waals surface area (Å²) in [6, 6.07) is 11.5. The average Bonchev–Trinajstić information content (AvgIpc) is 3.72. The second-order valence-electron chi connectivity index (χ2n) is 9.97. The van der Waals surface area contributed by atoms with Crippen LogP contribution in [0, 0.1) is 0 Å². The van der Waals surface area contributed by atoms with Gasteiger partial charge in [-0.05, 0) is 50.8 Å². The molecule has 0 bridgehead atoms. The van der Waals surface area contributed by atoms with Crippen LogP contribution in [0.5, 0.6) is 0 Å². The highest BCUT2D eigenvalue weighted by Gasteiger charge is 2.31. The SMILES string of the molecule is CN(C)CCNc1ccc2nc(NC(=O)/C(=N/OCc3ccn(C)n3)c3ccc(S(=O)(=O)[C@H]4CCOC4)cc3)sc2n1. The van der Waals surface area contributed by atoms with Gasteiger partial charge in [-0.25, -0.2) is 18.4 Å². The predicted octanol–water partition coefficient (Wildman–Crippen LogP) is 2.52. The Morgan fingerprint density at radius 1 is 1.19 bits per heavy atom. The molecule has 0 radical (unpaired) electrons. The molecule has 1 amide bonds. The number of hydrogen-bond acceptors (Lipinski definition) is 12. The van der Waals surface area contributed by atoms with E-state index in [-0.39, 0.29) is 23.8 Å². The molecule has 5 rings (SSSR count). The van der Waals surface area contributed by atoms with Crippen LogP contribution in [0.1, 0.15) is 17.7 Å². The number of aromatic nitrogens is 4. The summed E-state index contributed by atoms with van der Waals surface area (Å²) in [7, 11) is 2.23. The van der Waals surface area contributed by atoms with Gasteiger partial charge in [0, 0.05) is 38.5 Å². The molecule has 0 aliphatic carbocycles. The van der Waals surface area contributed by atoms with Gasteiger partial charge in [0.25, 0.3) is 5.91 Å². The number of benzene rings is 1. The van der Waals surface area contributed by atoms with Crippen LogP contribution in [0.2, 0.25) is 0 Å². The molecular formula is C27H32N8O5S2. The lowest BCUT2D eigenvalue weighted by atomic mass is 10.1. The number of sulfone groups is 1. The summed E-state index contributed by atoms with van der Waals surface area (Å²) in [4.78, 5) is 30.9. The Labute approximate surface area is 247 Å². The quantitative estimate of drug-likeness (QED) is 0.180. The number of rotatable bonds is 12. The maximum absolute atomic E-state index is 13.5. The number of likely N-dealkylation sites (N-methyl/N-ethyl adjacent to an activating group) is 1. The highest BCUT2D eigenvalue weighted by atomic mass is 32.2. The molecule has 4 heterocycles. The van der Waals surface area contributed by atoms with Crippen LogP contribution in [0.15, 0.2) is 58.7 Å². The molecule has 0 spiro atoms. The number of hydrogen-bond donors (Lipinski definition) is 2. The molecule has 0 saturated carbocycles. The summed E-state index contributed by atoms with van der Waals surface area (Å²) in [5, 5.41) is 14.2. The molecule has 15 heteroatoms. The molecule has 2 N–H and O–H groups in total. The summed E-state index contributed by atoms with van der Waals surface area (Å²) in [6.07, 6.45) is 2.22. The number of aryl methyl sites for hydroxylation is 1. The van der Waals surface area contributed by atoms with E-state index in [0.29, 0.717) is 39.8 Å². The molecule has 3 aromatic heterocycles. The minimum atomic E-state index is -3.56. The number of nitrogens with zero attached hydrogens (tertiary/aromatic N) is 6. The van der Waals surface area contributed by atoms with Gasteiger partial charge in [-0.15, -0.1) is 0 Å². The normalized spacial score (nSPS) is 15.8. The number of carbonyl (C=O) groups is 1. The first kappa shape index (κ1) is 29.6. The van der Waals surface area contributed by atoms with Crippen LogP contribution < -0.4 is 10.6 Å². The smallest absolute Gasteiger partial charge is 0.280 e. The third-order valence-corrected chi connectivity index (χ3v) is 9.54. The maximum Gasteiger partial charge on any atom is 0.280 e. The third kappa shape index (κ3) is 7.10. The predicted molar refractivity (Wildman–Crippen MR) is 160 cm³/mol. The second-order valence-corrected chi connectivity index (χ2v) is 13.2. The zero-order valence-electron chi connectivity index (χ0n) is 23.5. The zero-order valence-corrected chi connectivity index (χ0v) is 25.1. The number of anilines is 2. The fourth-order valence-corrected chi connectivity index (χ4v) is 6.63. The van der Waals surface area contributed by atoms with Gasteiger partial charge < -0.3 is 19.8 Å². The molecule has 4 aromatic rings. The second kappa shape index (κ2) is 12.9. The molecular weight excluding hydrogens is 580 g/mol. The Bertz CT molecular complexity index is 1680. The van der Waals surface area contributed by atoms with Crippen molar-refractivity contribution in [3.8, 4) is 0 Å². The van der Waals surface area contributed by atoms with Crippen LogP contribution in [0.25, 0.3) is 10.3 Å². The molecule has 0 unspecified atom stereocenters. The monoisotopic (exact) mass is 612 g/mol. The number of fused-ring (bicyclic) bond motifs is 1. The van der Waals surface area contributed by atoms with Gasteiger partial charge in [0.05, 0.1) is 16.8 Å². The Kier molecular flexibility index (Phi) is 9.11.